The summed E-state index contributed by atoms with van der Waals surface area (Å²) < 4.78 is 2.55. The normalized spacial score (nSPS) is 18.2. The van der Waals surface area contributed by atoms with Gasteiger partial charge in [0, 0.05) is 28.1 Å². The van der Waals surface area contributed by atoms with Crippen LogP contribution in [0.15, 0.2) is 163 Å². The molecule has 3 nitrogen and oxygen atoms in total. The zero-order chi connectivity index (χ0) is 32.5. The molecule has 6 aromatic carbocycles. The number of aliphatic imine (C=N–C) groups is 1. The molecule has 0 fully saturated rings. The van der Waals surface area contributed by atoms with E-state index in [-0.39, 0.29) is 6.17 Å². The van der Waals surface area contributed by atoms with Crippen molar-refractivity contribution in [2.75, 3.05) is 5.32 Å². The molecule has 1 N–H and O–H groups in total. The number of aromatic nitrogens is 1. The molecule has 7 aromatic rings. The molecule has 0 spiro atoms. The number of benzene rings is 6. The standard InChI is InChI=1S/C46H35N3/c1-30-15-14-22-36-37-29-33(46(32-18-6-3-7-19-32)38-23-10-8-20-34(38)35-21-9-11-24-39(35)46)27-28-42(37)49(44(30)36)45-43(31-16-4-2-5-17-31)47-40-25-12-13-26-41(40)48-45/h2-14,16-30,45,48H,15H2,1H3. The highest BCUT2D eigenvalue weighted by atomic mass is 15.2. The van der Waals surface area contributed by atoms with Gasteiger partial charge in [0.05, 0.1) is 28.0 Å². The first-order valence-electron chi connectivity index (χ1n) is 17.3. The van der Waals surface area contributed by atoms with E-state index in [9.17, 15) is 0 Å². The monoisotopic (exact) mass is 629 g/mol. The van der Waals surface area contributed by atoms with Gasteiger partial charge in [0.25, 0.3) is 0 Å². The van der Waals surface area contributed by atoms with Crippen molar-refractivity contribution in [2.45, 2.75) is 30.8 Å². The highest BCUT2D eigenvalue weighted by Crippen LogP contribution is 2.56. The van der Waals surface area contributed by atoms with Gasteiger partial charge in [-0.25, -0.2) is 4.99 Å². The highest BCUT2D eigenvalue weighted by Gasteiger charge is 2.46. The van der Waals surface area contributed by atoms with Crippen LogP contribution in [0.4, 0.5) is 11.4 Å². The Kier molecular flexibility index (Phi) is 6.20. The number of allylic oxidation sites excluding steroid dienone is 1. The van der Waals surface area contributed by atoms with Crippen LogP contribution in [-0.2, 0) is 5.41 Å². The van der Waals surface area contributed by atoms with Crippen molar-refractivity contribution < 1.29 is 0 Å². The van der Waals surface area contributed by atoms with Crippen molar-refractivity contribution in [3.8, 4) is 11.1 Å². The highest BCUT2D eigenvalue weighted by molar-refractivity contribution is 6.09. The Morgan fingerprint density at radius 3 is 2.08 bits per heavy atom. The van der Waals surface area contributed by atoms with Crippen LogP contribution in [-0.4, -0.2) is 10.3 Å². The minimum Gasteiger partial charge on any atom is -0.358 e. The van der Waals surface area contributed by atoms with E-state index in [0.29, 0.717) is 5.92 Å². The molecule has 2 heterocycles. The van der Waals surface area contributed by atoms with Gasteiger partial charge in [0.2, 0.25) is 0 Å². The van der Waals surface area contributed by atoms with Crippen LogP contribution in [0.5, 0.6) is 0 Å². The molecule has 1 aromatic heterocycles. The maximum atomic E-state index is 5.33. The number of nitrogens with zero attached hydrogens (tertiary/aromatic N) is 2. The molecule has 2 aliphatic carbocycles. The summed E-state index contributed by atoms with van der Waals surface area (Å²) in [5.74, 6) is 0.350. The van der Waals surface area contributed by atoms with Gasteiger partial charge in [-0.05, 0) is 64.1 Å². The fourth-order valence-electron chi connectivity index (χ4n) is 8.88. The zero-order valence-corrected chi connectivity index (χ0v) is 27.3. The molecule has 0 saturated carbocycles. The van der Waals surface area contributed by atoms with Crippen LogP contribution in [0.1, 0.15) is 64.5 Å². The summed E-state index contributed by atoms with van der Waals surface area (Å²) in [6, 6.07) is 55.4. The van der Waals surface area contributed by atoms with Gasteiger partial charge >= 0.3 is 0 Å². The Balaban J connectivity index is 1.26. The lowest BCUT2D eigenvalue weighted by Gasteiger charge is -2.34. The van der Waals surface area contributed by atoms with Crippen molar-refractivity contribution in [3.05, 3.63) is 197 Å². The van der Waals surface area contributed by atoms with E-state index in [4.69, 9.17) is 4.99 Å². The average Bonchev–Trinajstić information content (AvgIpc) is 3.66. The summed E-state index contributed by atoms with van der Waals surface area (Å²) >= 11 is 0. The van der Waals surface area contributed by atoms with Gasteiger partial charge in [-0.2, -0.15) is 0 Å². The van der Waals surface area contributed by atoms with E-state index in [1.165, 1.54) is 55.5 Å². The molecule has 0 amide bonds. The van der Waals surface area contributed by atoms with Gasteiger partial charge in [-0.15, -0.1) is 0 Å². The third-order valence-corrected chi connectivity index (χ3v) is 10.9. The van der Waals surface area contributed by atoms with E-state index in [1.54, 1.807) is 0 Å². The Labute approximate surface area is 286 Å². The predicted octanol–water partition coefficient (Wildman–Crippen LogP) is 11.3. The van der Waals surface area contributed by atoms with Gasteiger partial charge < -0.3 is 9.88 Å². The van der Waals surface area contributed by atoms with Crippen LogP contribution in [0, 0.1) is 0 Å². The maximum absolute atomic E-state index is 5.33. The Morgan fingerprint density at radius 1 is 0.673 bits per heavy atom. The van der Waals surface area contributed by atoms with E-state index < -0.39 is 5.41 Å². The molecule has 1 aliphatic heterocycles. The molecule has 0 saturated heterocycles. The molecule has 0 radical (unpaired) electrons. The second-order valence-electron chi connectivity index (χ2n) is 13.6. The SMILES string of the molecule is CC1CC=Cc2c1n(C1Nc3ccccc3N=C1c1ccccc1)c1ccc(C3(c4ccccc4)c4ccccc4-c4ccccc43)cc21. The van der Waals surface area contributed by atoms with Crippen LogP contribution in [0.2, 0.25) is 0 Å². The Hall–Kier alpha value is -5.93. The number of rotatable bonds is 4. The number of hydrogen-bond acceptors (Lipinski definition) is 2. The van der Waals surface area contributed by atoms with Crippen LogP contribution < -0.4 is 5.32 Å². The second kappa shape index (κ2) is 10.8. The van der Waals surface area contributed by atoms with Crippen molar-refractivity contribution in [1.29, 1.82) is 0 Å². The van der Waals surface area contributed by atoms with Gasteiger partial charge in [-0.1, -0.05) is 146 Å². The summed E-state index contributed by atoms with van der Waals surface area (Å²) in [6.45, 7) is 2.36. The second-order valence-corrected chi connectivity index (χ2v) is 13.6. The lowest BCUT2D eigenvalue weighted by Crippen LogP contribution is -2.32. The number of nitrogens with one attached hydrogen (secondary N) is 1. The third kappa shape index (κ3) is 3.99. The van der Waals surface area contributed by atoms with Gasteiger partial charge in [0.1, 0.15) is 6.17 Å². The van der Waals surface area contributed by atoms with Crippen LogP contribution in [0.3, 0.4) is 0 Å². The largest absolute Gasteiger partial charge is 0.358 e. The molecule has 234 valence electrons. The van der Waals surface area contributed by atoms with Crippen LogP contribution in [0.25, 0.3) is 28.1 Å². The quantitative estimate of drug-likeness (QED) is 0.206. The predicted molar refractivity (Wildman–Crippen MR) is 203 cm³/mol. The molecular formula is C46H35N3. The minimum absolute atomic E-state index is 0.167. The van der Waals surface area contributed by atoms with Crippen molar-refractivity contribution in [1.82, 2.24) is 4.57 Å². The fourth-order valence-corrected chi connectivity index (χ4v) is 8.88. The summed E-state index contributed by atoms with van der Waals surface area (Å²) in [5.41, 5.74) is 15.5. The summed E-state index contributed by atoms with van der Waals surface area (Å²) in [6.07, 6.45) is 5.55. The Bertz CT molecular complexity index is 2420. The van der Waals surface area contributed by atoms with Crippen molar-refractivity contribution in [2.24, 2.45) is 4.99 Å². The first-order valence-corrected chi connectivity index (χ1v) is 17.3. The molecule has 10 rings (SSSR count). The topological polar surface area (TPSA) is 29.3 Å². The van der Waals surface area contributed by atoms with Crippen molar-refractivity contribution >= 4 is 34.1 Å². The molecular weight excluding hydrogens is 595 g/mol. The maximum Gasteiger partial charge on any atom is 0.148 e. The van der Waals surface area contributed by atoms with Gasteiger partial charge in [0.15, 0.2) is 0 Å². The molecule has 49 heavy (non-hydrogen) atoms. The fraction of sp³-hybridized carbons (Fsp3) is 0.109. The summed E-state index contributed by atoms with van der Waals surface area (Å²) in [4.78, 5) is 5.33. The van der Waals surface area contributed by atoms with E-state index in [2.05, 4.69) is 181 Å². The van der Waals surface area contributed by atoms with E-state index >= 15 is 0 Å². The number of para-hydroxylation sites is 2. The molecule has 0 bridgehead atoms. The molecule has 3 aliphatic rings. The Morgan fingerprint density at radius 2 is 1.33 bits per heavy atom. The van der Waals surface area contributed by atoms with Crippen LogP contribution >= 0.6 is 0 Å². The minimum atomic E-state index is -0.444. The van der Waals surface area contributed by atoms with Gasteiger partial charge in [-0.3, -0.25) is 0 Å². The van der Waals surface area contributed by atoms with Crippen molar-refractivity contribution in [3.63, 3.8) is 0 Å². The average molecular weight is 630 g/mol. The van der Waals surface area contributed by atoms with E-state index in [0.717, 1.165) is 29.1 Å². The smallest absolute Gasteiger partial charge is 0.148 e. The summed E-state index contributed by atoms with van der Waals surface area (Å²) in [7, 11) is 0. The zero-order valence-electron chi connectivity index (χ0n) is 27.3. The first-order chi connectivity index (χ1) is 24.2. The molecule has 2 unspecified atom stereocenters. The first kappa shape index (κ1) is 28.1. The number of anilines is 1. The van der Waals surface area contributed by atoms with E-state index in [1.807, 2.05) is 0 Å². The summed E-state index contributed by atoms with van der Waals surface area (Å²) in [5, 5.41) is 5.23. The number of fused-ring (bicyclic) bond motifs is 7. The lowest BCUT2D eigenvalue weighted by atomic mass is 9.67. The lowest BCUT2D eigenvalue weighted by molar-refractivity contribution is 0.629. The molecule has 2 atom stereocenters. The molecule has 3 heteroatoms. The third-order valence-electron chi connectivity index (χ3n) is 10.9. The number of hydrogen-bond donors (Lipinski definition) is 1.